The number of carbonyl (C=O) groups excluding carboxylic acids is 4. The van der Waals surface area contributed by atoms with Crippen molar-refractivity contribution in [2.75, 3.05) is 51.3 Å². The van der Waals surface area contributed by atoms with Gasteiger partial charge in [0.15, 0.2) is 5.78 Å². The highest BCUT2D eigenvalue weighted by molar-refractivity contribution is 6.12. The minimum atomic E-state index is -0.667. The Balaban J connectivity index is 1.16. The van der Waals surface area contributed by atoms with Crippen LogP contribution in [0.15, 0.2) is 115 Å². The summed E-state index contributed by atoms with van der Waals surface area (Å²) in [6, 6.07) is 23.5. The van der Waals surface area contributed by atoms with Crippen LogP contribution in [0.25, 0.3) is 6.08 Å². The second-order valence-electron chi connectivity index (χ2n) is 16.1. The van der Waals surface area contributed by atoms with Crippen molar-refractivity contribution in [2.24, 2.45) is 5.92 Å². The molecule has 1 amide bonds. The van der Waals surface area contributed by atoms with Gasteiger partial charge < -0.3 is 24.7 Å². The fourth-order valence-corrected chi connectivity index (χ4v) is 7.52. The number of hydrogen-bond donors (Lipinski definition) is 1. The number of hydrogen-bond acceptors (Lipinski definition) is 9. The predicted octanol–water partition coefficient (Wildman–Crippen LogP) is 8.46. The molecule has 1 N–H and O–H groups in total. The summed E-state index contributed by atoms with van der Waals surface area (Å²) in [5.41, 5.74) is 4.91. The lowest BCUT2D eigenvalue weighted by atomic mass is 9.79. The average molecular weight is 813 g/mol. The SMILES string of the molecule is C=C(C)C(=O)OCCc1ccc(OC(=O)CCC(=O)N2CCN(c3ccc(C(=O)C(CC)(Cc4ccccc4)N(C)CCC(C)C)cc3)CC2)c(C=C2C=CC=CC2=N)c1. The van der Waals surface area contributed by atoms with Crippen LogP contribution in [-0.4, -0.2) is 91.1 Å². The zero-order valence-electron chi connectivity index (χ0n) is 35.9. The zero-order chi connectivity index (χ0) is 43.2. The van der Waals surface area contributed by atoms with Gasteiger partial charge >= 0.3 is 11.9 Å². The molecule has 0 spiro atoms. The number of allylic oxidation sites excluding steroid dienone is 5. The van der Waals surface area contributed by atoms with Crippen molar-refractivity contribution < 1.29 is 28.7 Å². The van der Waals surface area contributed by atoms with E-state index < -0.39 is 17.5 Å². The average Bonchev–Trinajstić information content (AvgIpc) is 3.25. The number of ketones is 1. The Labute approximate surface area is 355 Å². The summed E-state index contributed by atoms with van der Waals surface area (Å²) >= 11 is 0. The molecular weight excluding hydrogens is 753 g/mol. The Hall–Kier alpha value is -5.87. The maximum atomic E-state index is 14.4. The topological polar surface area (TPSA) is 120 Å². The van der Waals surface area contributed by atoms with E-state index in [1.807, 2.05) is 60.7 Å². The Morgan fingerprint density at radius 1 is 0.917 bits per heavy atom. The van der Waals surface area contributed by atoms with E-state index in [0.29, 0.717) is 85.1 Å². The van der Waals surface area contributed by atoms with Gasteiger partial charge in [-0.25, -0.2) is 4.79 Å². The maximum absolute atomic E-state index is 14.4. The van der Waals surface area contributed by atoms with Gasteiger partial charge in [0.25, 0.3) is 0 Å². The van der Waals surface area contributed by atoms with E-state index in [1.54, 1.807) is 42.2 Å². The molecule has 0 aromatic heterocycles. The van der Waals surface area contributed by atoms with E-state index in [-0.39, 0.29) is 31.1 Å². The molecule has 0 radical (unpaired) electrons. The number of anilines is 1. The molecule has 1 unspecified atom stereocenters. The van der Waals surface area contributed by atoms with Gasteiger partial charge in [-0.15, -0.1) is 0 Å². The molecule has 10 nitrogen and oxygen atoms in total. The fraction of sp³-hybridized carbons (Fsp3) is 0.380. The monoisotopic (exact) mass is 812 g/mol. The minimum Gasteiger partial charge on any atom is -0.462 e. The van der Waals surface area contributed by atoms with Crippen LogP contribution in [0.5, 0.6) is 5.75 Å². The van der Waals surface area contributed by atoms with Crippen LogP contribution in [0.4, 0.5) is 5.69 Å². The second kappa shape index (κ2) is 21.4. The van der Waals surface area contributed by atoms with E-state index in [9.17, 15) is 19.2 Å². The molecule has 0 bridgehead atoms. The third-order valence-corrected chi connectivity index (χ3v) is 11.3. The van der Waals surface area contributed by atoms with Crippen LogP contribution in [0, 0.1) is 11.3 Å². The van der Waals surface area contributed by atoms with Gasteiger partial charge in [0.2, 0.25) is 5.91 Å². The number of nitrogens with zero attached hydrogens (tertiary/aromatic N) is 3. The highest BCUT2D eigenvalue weighted by Crippen LogP contribution is 2.31. The first kappa shape index (κ1) is 45.2. The van der Waals surface area contributed by atoms with Crippen molar-refractivity contribution >= 4 is 41.1 Å². The summed E-state index contributed by atoms with van der Waals surface area (Å²) in [5, 5.41) is 8.31. The standard InChI is InChI=1S/C50H60N4O6/c1-7-50(52(6)27-25-36(2)3,35-39-13-9-8-10-14-39)48(57)40-18-20-43(21-19-40)53-28-30-54(31-29-53)46(55)23-24-47(56)60-45-22-17-38(26-32-59-49(58)37(4)5)33-42(45)34-41-15-11-12-16-44(41)51/h8-22,33-34,36,51H,4,7,23-32,35H2,1-3,5-6H3. The second-order valence-corrected chi connectivity index (χ2v) is 16.1. The molecule has 1 aliphatic heterocycles. The molecule has 1 aliphatic carbocycles. The number of piperazine rings is 1. The lowest BCUT2D eigenvalue weighted by molar-refractivity contribution is -0.139. The van der Waals surface area contributed by atoms with Crippen LogP contribution in [0.3, 0.4) is 0 Å². The summed E-state index contributed by atoms with van der Waals surface area (Å²) in [4.78, 5) is 58.9. The van der Waals surface area contributed by atoms with Gasteiger partial charge in [0.1, 0.15) is 5.75 Å². The van der Waals surface area contributed by atoms with Crippen LogP contribution < -0.4 is 9.64 Å². The quantitative estimate of drug-likeness (QED) is 0.0555. The molecule has 60 heavy (non-hydrogen) atoms. The number of nitrogens with one attached hydrogen (secondary N) is 1. The number of benzene rings is 3. The van der Waals surface area contributed by atoms with Gasteiger partial charge in [0.05, 0.1) is 24.3 Å². The number of carbonyl (C=O) groups is 4. The highest BCUT2D eigenvalue weighted by Gasteiger charge is 2.41. The van der Waals surface area contributed by atoms with Crippen molar-refractivity contribution in [3.8, 4) is 5.75 Å². The predicted molar refractivity (Wildman–Crippen MR) is 240 cm³/mol. The highest BCUT2D eigenvalue weighted by atomic mass is 16.5. The lowest BCUT2D eigenvalue weighted by Crippen LogP contribution is -2.54. The fourth-order valence-electron chi connectivity index (χ4n) is 7.52. The smallest absolute Gasteiger partial charge is 0.333 e. The van der Waals surface area contributed by atoms with Crippen molar-refractivity contribution in [1.82, 2.24) is 9.80 Å². The molecule has 3 aromatic carbocycles. The van der Waals surface area contributed by atoms with Crippen LogP contribution in [-0.2, 0) is 32.0 Å². The molecule has 1 atom stereocenters. The van der Waals surface area contributed by atoms with Crippen molar-refractivity contribution in [1.29, 1.82) is 5.41 Å². The van der Waals surface area contributed by atoms with Crippen LogP contribution in [0.2, 0.25) is 0 Å². The van der Waals surface area contributed by atoms with Gasteiger partial charge in [-0.2, -0.15) is 0 Å². The van der Waals surface area contributed by atoms with E-state index >= 15 is 0 Å². The first-order valence-corrected chi connectivity index (χ1v) is 21.0. The van der Waals surface area contributed by atoms with Crippen LogP contribution in [0.1, 0.15) is 80.4 Å². The molecule has 0 saturated carbocycles. The Morgan fingerprint density at radius 3 is 2.27 bits per heavy atom. The number of esters is 2. The molecule has 5 rings (SSSR count). The Bertz CT molecular complexity index is 2110. The Kier molecular flexibility index (Phi) is 16.1. The maximum Gasteiger partial charge on any atom is 0.333 e. The molecular formula is C50H60N4O6. The lowest BCUT2D eigenvalue weighted by Gasteiger charge is -2.41. The van der Waals surface area contributed by atoms with E-state index in [1.165, 1.54) is 0 Å². The molecule has 3 aromatic rings. The third-order valence-electron chi connectivity index (χ3n) is 11.3. The van der Waals surface area contributed by atoms with Gasteiger partial charge in [-0.05, 0) is 105 Å². The first-order valence-electron chi connectivity index (χ1n) is 21.0. The summed E-state index contributed by atoms with van der Waals surface area (Å²) in [7, 11) is 2.08. The summed E-state index contributed by atoms with van der Waals surface area (Å²) in [6.07, 6.45) is 11.6. The number of amides is 1. The number of rotatable bonds is 19. The van der Waals surface area contributed by atoms with Crippen molar-refractivity contribution in [3.05, 3.63) is 137 Å². The van der Waals surface area contributed by atoms with Crippen LogP contribution >= 0.6 is 0 Å². The molecule has 1 saturated heterocycles. The number of likely N-dealkylation sites (N-methyl/N-ethyl adjacent to an activating group) is 1. The minimum absolute atomic E-state index is 0.0180. The van der Waals surface area contributed by atoms with Gasteiger partial charge in [-0.1, -0.05) is 82.0 Å². The molecule has 1 fully saturated rings. The molecule has 2 aliphatic rings. The normalized spacial score (nSPS) is 15.7. The third kappa shape index (κ3) is 12.1. The number of ether oxygens (including phenoxy) is 2. The first-order chi connectivity index (χ1) is 28.8. The molecule has 10 heteroatoms. The van der Waals surface area contributed by atoms with Gasteiger partial charge in [0, 0.05) is 67.0 Å². The van der Waals surface area contributed by atoms with Crippen molar-refractivity contribution in [2.45, 2.75) is 71.8 Å². The summed E-state index contributed by atoms with van der Waals surface area (Å²) in [5.74, 6) is -0.126. The van der Waals surface area contributed by atoms with E-state index in [4.69, 9.17) is 14.9 Å². The zero-order valence-corrected chi connectivity index (χ0v) is 35.9. The summed E-state index contributed by atoms with van der Waals surface area (Å²) < 4.78 is 11.0. The largest absolute Gasteiger partial charge is 0.462 e. The van der Waals surface area contributed by atoms with Gasteiger partial charge in [-0.3, -0.25) is 19.3 Å². The molecule has 1 heterocycles. The van der Waals surface area contributed by atoms with E-state index in [2.05, 4.69) is 56.3 Å². The van der Waals surface area contributed by atoms with Crippen molar-refractivity contribution in [3.63, 3.8) is 0 Å². The molecule has 316 valence electrons. The number of Topliss-reactive ketones (excluding diaryl/α,β-unsaturated/α-hetero) is 1. The summed E-state index contributed by atoms with van der Waals surface area (Å²) in [6.45, 7) is 15.0. The Morgan fingerprint density at radius 2 is 1.62 bits per heavy atom. The van der Waals surface area contributed by atoms with E-state index in [0.717, 1.165) is 29.8 Å².